The minimum atomic E-state index is 0.295. The molecule has 1 aromatic heterocycles. The van der Waals surface area contributed by atoms with E-state index in [1.165, 1.54) is 0 Å². The first kappa shape index (κ1) is 15.4. The lowest BCUT2D eigenvalue weighted by Gasteiger charge is -2.14. The Hall–Kier alpha value is -3.10. The van der Waals surface area contributed by atoms with E-state index in [4.69, 9.17) is 23.1 Å². The van der Waals surface area contributed by atoms with Gasteiger partial charge in [0.2, 0.25) is 0 Å². The second-order valence-electron chi connectivity index (χ2n) is 5.62. The van der Waals surface area contributed by atoms with Gasteiger partial charge in [0.05, 0.1) is 5.69 Å². The summed E-state index contributed by atoms with van der Waals surface area (Å²) < 4.78 is 1.97. The summed E-state index contributed by atoms with van der Waals surface area (Å²) in [5.74, 6) is 4.02. The van der Waals surface area contributed by atoms with E-state index in [2.05, 4.69) is 16.1 Å². The fraction of sp³-hybridized carbons (Fsp3) is 0.105. The number of aromatic nitrogens is 3. The number of terminal acetylenes is 1. The molecule has 0 amide bonds. The summed E-state index contributed by atoms with van der Waals surface area (Å²) in [6.07, 6.45) is 5.55. The predicted molar refractivity (Wildman–Crippen MR) is 99.4 cm³/mol. The molecule has 25 heavy (non-hydrogen) atoms. The van der Waals surface area contributed by atoms with Gasteiger partial charge in [0, 0.05) is 16.1 Å². The van der Waals surface area contributed by atoms with Crippen molar-refractivity contribution in [1.82, 2.24) is 14.8 Å². The van der Waals surface area contributed by atoms with Crippen LogP contribution in [0.2, 0.25) is 5.02 Å². The van der Waals surface area contributed by atoms with E-state index in [0.717, 1.165) is 28.4 Å². The largest absolute Gasteiger partial charge is 0.263 e. The molecular formula is C19H14ClN5. The Bertz CT molecular complexity index is 1010. The molecule has 2 aromatic carbocycles. The molecule has 2 heterocycles. The van der Waals surface area contributed by atoms with Crippen molar-refractivity contribution in [1.29, 1.82) is 0 Å². The average molecular weight is 348 g/mol. The molecule has 0 saturated carbocycles. The summed E-state index contributed by atoms with van der Waals surface area (Å²) in [4.78, 5) is 0. The van der Waals surface area contributed by atoms with Crippen molar-refractivity contribution in [3.05, 3.63) is 70.5 Å². The molecular weight excluding hydrogens is 334 g/mol. The van der Waals surface area contributed by atoms with Crippen LogP contribution in [0.3, 0.4) is 0 Å². The number of hydrazone groups is 1. The van der Waals surface area contributed by atoms with Crippen LogP contribution in [0, 0.1) is 19.3 Å². The average Bonchev–Trinajstić information content (AvgIpc) is 2.94. The van der Waals surface area contributed by atoms with Crippen LogP contribution < -0.4 is 5.01 Å². The molecule has 122 valence electrons. The molecule has 6 heteroatoms. The monoisotopic (exact) mass is 347 g/mol. The van der Waals surface area contributed by atoms with Crippen molar-refractivity contribution in [2.24, 2.45) is 5.10 Å². The number of halogens is 1. The number of anilines is 1. The highest BCUT2D eigenvalue weighted by Crippen LogP contribution is 2.29. The quantitative estimate of drug-likeness (QED) is 0.667. The van der Waals surface area contributed by atoms with Crippen LogP contribution in [0.15, 0.2) is 53.6 Å². The topological polar surface area (TPSA) is 46.3 Å². The molecule has 0 radical (unpaired) electrons. The number of hydrogen-bond acceptors (Lipinski definition) is 4. The summed E-state index contributed by atoms with van der Waals surface area (Å²) in [5, 5.41) is 15.7. The maximum absolute atomic E-state index is 6.04. The number of rotatable bonds is 2. The van der Waals surface area contributed by atoms with Crippen LogP contribution in [0.1, 0.15) is 17.0 Å². The van der Waals surface area contributed by atoms with Crippen LogP contribution in [-0.2, 0) is 0 Å². The zero-order valence-electron chi connectivity index (χ0n) is 13.5. The van der Waals surface area contributed by atoms with Gasteiger partial charge in [-0.15, -0.1) is 16.6 Å². The molecule has 0 N–H and O–H groups in total. The Morgan fingerprint density at radius 1 is 1.08 bits per heavy atom. The Labute approximate surface area is 150 Å². The van der Waals surface area contributed by atoms with Gasteiger partial charge in [-0.2, -0.15) is 5.10 Å². The first-order valence-electron chi connectivity index (χ1n) is 7.76. The SMILES string of the molecule is C#CCN1N=C(c2ccc(Cl)cc2)c2ccccc2-n2c(C)nnc21. The lowest BCUT2D eigenvalue weighted by molar-refractivity contribution is 0.864. The molecule has 1 aliphatic heterocycles. The lowest BCUT2D eigenvalue weighted by Crippen LogP contribution is -2.21. The van der Waals surface area contributed by atoms with Gasteiger partial charge in [0.15, 0.2) is 0 Å². The highest BCUT2D eigenvalue weighted by Gasteiger charge is 2.25. The van der Waals surface area contributed by atoms with E-state index in [0.29, 0.717) is 17.5 Å². The second-order valence-corrected chi connectivity index (χ2v) is 6.05. The van der Waals surface area contributed by atoms with Gasteiger partial charge in [-0.05, 0) is 25.1 Å². The number of fused-ring (bicyclic) bond motifs is 3. The number of hydrogen-bond donors (Lipinski definition) is 0. The van der Waals surface area contributed by atoms with Crippen molar-refractivity contribution in [2.75, 3.05) is 11.6 Å². The third-order valence-corrected chi connectivity index (χ3v) is 4.27. The molecule has 1 aliphatic rings. The van der Waals surface area contributed by atoms with Gasteiger partial charge >= 0.3 is 0 Å². The molecule has 0 bridgehead atoms. The molecule has 4 rings (SSSR count). The molecule has 0 fully saturated rings. The van der Waals surface area contributed by atoms with Crippen molar-refractivity contribution in [3.63, 3.8) is 0 Å². The molecule has 3 aromatic rings. The van der Waals surface area contributed by atoms with Crippen molar-refractivity contribution >= 4 is 23.3 Å². The van der Waals surface area contributed by atoms with Crippen LogP contribution >= 0.6 is 11.6 Å². The Kier molecular flexibility index (Phi) is 3.75. The molecule has 0 saturated heterocycles. The summed E-state index contributed by atoms with van der Waals surface area (Å²) in [6.45, 7) is 2.21. The highest BCUT2D eigenvalue weighted by molar-refractivity contribution is 6.30. The Morgan fingerprint density at radius 3 is 2.60 bits per heavy atom. The Balaban J connectivity index is 2.01. The standard InChI is InChI=1S/C19H14ClN5/c1-3-12-24-19-22-21-13(2)25(19)17-7-5-4-6-16(17)18(23-24)14-8-10-15(20)11-9-14/h1,4-11H,12H2,2H3. The van der Waals surface area contributed by atoms with Crippen LogP contribution in [-0.4, -0.2) is 27.0 Å². The van der Waals surface area contributed by atoms with E-state index < -0.39 is 0 Å². The fourth-order valence-corrected chi connectivity index (χ4v) is 3.03. The fourth-order valence-electron chi connectivity index (χ4n) is 2.90. The molecule has 0 spiro atoms. The first-order valence-corrected chi connectivity index (χ1v) is 8.14. The third-order valence-electron chi connectivity index (χ3n) is 4.02. The maximum atomic E-state index is 6.04. The van der Waals surface area contributed by atoms with Crippen LogP contribution in [0.25, 0.3) is 5.69 Å². The number of para-hydroxylation sites is 1. The normalized spacial score (nSPS) is 12.7. The summed E-state index contributed by atoms with van der Waals surface area (Å²) in [7, 11) is 0. The smallest absolute Gasteiger partial charge is 0.253 e. The number of aryl methyl sites for hydroxylation is 1. The summed E-state index contributed by atoms with van der Waals surface area (Å²) in [5.41, 5.74) is 3.71. The molecule has 0 atom stereocenters. The van der Waals surface area contributed by atoms with Crippen LogP contribution in [0.5, 0.6) is 0 Å². The van der Waals surface area contributed by atoms with Crippen molar-refractivity contribution in [3.8, 4) is 18.0 Å². The molecule has 0 unspecified atom stereocenters. The van der Waals surface area contributed by atoms with Crippen LogP contribution in [0.4, 0.5) is 5.95 Å². The third kappa shape index (κ3) is 2.57. The minimum Gasteiger partial charge on any atom is -0.263 e. The van der Waals surface area contributed by atoms with Gasteiger partial charge in [-0.3, -0.25) is 4.57 Å². The zero-order chi connectivity index (χ0) is 17.4. The van der Waals surface area contributed by atoms with Gasteiger partial charge in [-0.1, -0.05) is 47.9 Å². The second kappa shape index (κ2) is 6.08. The van der Waals surface area contributed by atoms with E-state index in [9.17, 15) is 0 Å². The van der Waals surface area contributed by atoms with E-state index >= 15 is 0 Å². The van der Waals surface area contributed by atoms with Gasteiger partial charge < -0.3 is 0 Å². The maximum Gasteiger partial charge on any atom is 0.253 e. The van der Waals surface area contributed by atoms with E-state index in [1.807, 2.05) is 60.0 Å². The van der Waals surface area contributed by atoms with Gasteiger partial charge in [-0.25, -0.2) is 5.01 Å². The van der Waals surface area contributed by atoms with Gasteiger partial charge in [0.1, 0.15) is 18.1 Å². The molecule has 0 aliphatic carbocycles. The number of benzene rings is 2. The zero-order valence-corrected chi connectivity index (χ0v) is 14.3. The Morgan fingerprint density at radius 2 is 1.84 bits per heavy atom. The molecule has 5 nitrogen and oxygen atoms in total. The van der Waals surface area contributed by atoms with Gasteiger partial charge in [0.25, 0.3) is 5.95 Å². The number of nitrogens with zero attached hydrogens (tertiary/aromatic N) is 5. The summed E-state index contributed by atoms with van der Waals surface area (Å²) >= 11 is 6.04. The minimum absolute atomic E-state index is 0.295. The first-order chi connectivity index (χ1) is 12.2. The van der Waals surface area contributed by atoms with E-state index in [1.54, 1.807) is 5.01 Å². The van der Waals surface area contributed by atoms with Crippen molar-refractivity contribution < 1.29 is 0 Å². The summed E-state index contributed by atoms with van der Waals surface area (Å²) in [6, 6.07) is 15.6. The van der Waals surface area contributed by atoms with E-state index in [-0.39, 0.29) is 0 Å². The predicted octanol–water partition coefficient (Wildman–Crippen LogP) is 3.43. The van der Waals surface area contributed by atoms with Crippen molar-refractivity contribution in [2.45, 2.75) is 6.92 Å². The highest BCUT2D eigenvalue weighted by atomic mass is 35.5. The lowest BCUT2D eigenvalue weighted by atomic mass is 10.0.